The summed E-state index contributed by atoms with van der Waals surface area (Å²) < 4.78 is 15.3. The van der Waals surface area contributed by atoms with Gasteiger partial charge >= 0.3 is 0 Å². The number of anilines is 3. The maximum atomic E-state index is 15.3. The first-order valence-electron chi connectivity index (χ1n) is 14.4. The lowest BCUT2D eigenvalue weighted by Crippen LogP contribution is -2.30. The summed E-state index contributed by atoms with van der Waals surface area (Å²) >= 11 is 0. The summed E-state index contributed by atoms with van der Waals surface area (Å²) in [5.41, 5.74) is 8.05. The second-order valence-corrected chi connectivity index (χ2v) is 14.1. The standard InChI is InChI=1S/C39H32NOP/c1-39(2)34-20-10-12-22-36(34)40(37-23-13-11-21-35(37)39)30-27-25-29(26-28-30)33-19-9-14-24-38(33)42(41,31-15-5-3-6-16-31)32-17-7-4-8-18-32/h3-28H,1-2H3. The lowest BCUT2D eigenvalue weighted by molar-refractivity contribution is 0.592. The molecule has 0 atom stereocenters. The van der Waals surface area contributed by atoms with Crippen molar-refractivity contribution in [3.8, 4) is 11.1 Å². The number of hydrogen-bond donors (Lipinski definition) is 0. The number of nitrogens with zero attached hydrogens (tertiary/aromatic N) is 1. The van der Waals surface area contributed by atoms with Gasteiger partial charge in [0.2, 0.25) is 0 Å². The first-order chi connectivity index (χ1) is 20.5. The van der Waals surface area contributed by atoms with E-state index in [1.54, 1.807) is 0 Å². The van der Waals surface area contributed by atoms with Crippen molar-refractivity contribution in [3.63, 3.8) is 0 Å². The van der Waals surface area contributed by atoms with E-state index in [0.717, 1.165) is 32.7 Å². The van der Waals surface area contributed by atoms with Gasteiger partial charge in [0.05, 0.1) is 11.4 Å². The molecule has 7 rings (SSSR count). The Kier molecular flexibility index (Phi) is 6.45. The van der Waals surface area contributed by atoms with Crippen LogP contribution in [0.25, 0.3) is 11.1 Å². The normalized spacial score (nSPS) is 13.7. The summed E-state index contributed by atoms with van der Waals surface area (Å²) in [6.07, 6.45) is 0. The fraction of sp³-hybridized carbons (Fsp3) is 0.0769. The van der Waals surface area contributed by atoms with Gasteiger partial charge in [0, 0.05) is 27.0 Å². The Morgan fingerprint density at radius 2 is 0.952 bits per heavy atom. The van der Waals surface area contributed by atoms with Crippen LogP contribution in [0.3, 0.4) is 0 Å². The van der Waals surface area contributed by atoms with Crippen molar-refractivity contribution in [1.82, 2.24) is 0 Å². The first-order valence-corrected chi connectivity index (χ1v) is 16.1. The molecular formula is C39H32NOP. The van der Waals surface area contributed by atoms with Gasteiger partial charge in [0.15, 0.2) is 7.14 Å². The quantitative estimate of drug-likeness (QED) is 0.196. The van der Waals surface area contributed by atoms with Gasteiger partial charge in [-0.2, -0.15) is 0 Å². The Balaban J connectivity index is 1.36. The van der Waals surface area contributed by atoms with Crippen molar-refractivity contribution in [1.29, 1.82) is 0 Å². The van der Waals surface area contributed by atoms with Crippen LogP contribution in [0.1, 0.15) is 25.0 Å². The first kappa shape index (κ1) is 26.3. The lowest BCUT2D eigenvalue weighted by Gasteiger charge is -2.42. The molecule has 6 aromatic rings. The van der Waals surface area contributed by atoms with E-state index in [1.165, 1.54) is 22.5 Å². The molecule has 2 nitrogen and oxygen atoms in total. The van der Waals surface area contributed by atoms with Crippen LogP contribution in [0.15, 0.2) is 158 Å². The van der Waals surface area contributed by atoms with E-state index < -0.39 is 7.14 Å². The van der Waals surface area contributed by atoms with Crippen LogP contribution in [0.5, 0.6) is 0 Å². The zero-order valence-corrected chi connectivity index (χ0v) is 24.7. The molecule has 6 aromatic carbocycles. The molecule has 1 heterocycles. The third-order valence-electron chi connectivity index (χ3n) is 8.56. The van der Waals surface area contributed by atoms with Gasteiger partial charge in [-0.15, -0.1) is 0 Å². The second kappa shape index (κ2) is 10.3. The smallest absolute Gasteiger partial charge is 0.171 e. The van der Waals surface area contributed by atoms with E-state index in [4.69, 9.17) is 0 Å². The molecular weight excluding hydrogens is 529 g/mol. The van der Waals surface area contributed by atoms with Crippen LogP contribution in [0.4, 0.5) is 17.1 Å². The largest absolute Gasteiger partial charge is 0.310 e. The maximum Gasteiger partial charge on any atom is 0.171 e. The molecule has 0 aliphatic carbocycles. The molecule has 0 fully saturated rings. The van der Waals surface area contributed by atoms with E-state index in [-0.39, 0.29) is 5.41 Å². The highest BCUT2D eigenvalue weighted by Crippen LogP contribution is 2.52. The average molecular weight is 562 g/mol. The van der Waals surface area contributed by atoms with Crippen LogP contribution < -0.4 is 20.8 Å². The number of rotatable bonds is 5. The van der Waals surface area contributed by atoms with E-state index in [1.807, 2.05) is 78.9 Å². The number of fused-ring (bicyclic) bond motifs is 2. The molecule has 0 N–H and O–H groups in total. The third-order valence-corrected chi connectivity index (χ3v) is 11.7. The molecule has 0 amide bonds. The van der Waals surface area contributed by atoms with Crippen molar-refractivity contribution in [3.05, 3.63) is 169 Å². The second-order valence-electron chi connectivity index (χ2n) is 11.3. The molecule has 42 heavy (non-hydrogen) atoms. The Morgan fingerprint density at radius 3 is 1.50 bits per heavy atom. The number of hydrogen-bond acceptors (Lipinski definition) is 2. The molecule has 3 heteroatoms. The SMILES string of the molecule is CC1(C)c2ccccc2N(c2ccc(-c3ccccc3P(=O)(c3ccccc3)c3ccccc3)cc2)c2ccccc21. The molecule has 1 aliphatic rings. The summed E-state index contributed by atoms with van der Waals surface area (Å²) in [6, 6.07) is 54.0. The van der Waals surface area contributed by atoms with Gasteiger partial charge in [-0.1, -0.05) is 147 Å². The van der Waals surface area contributed by atoms with E-state index in [2.05, 4.69) is 97.6 Å². The van der Waals surface area contributed by atoms with Gasteiger partial charge < -0.3 is 9.46 Å². The number of benzene rings is 6. The molecule has 0 bridgehead atoms. The summed E-state index contributed by atoms with van der Waals surface area (Å²) in [4.78, 5) is 2.37. The fourth-order valence-corrected chi connectivity index (χ4v) is 9.31. The maximum absolute atomic E-state index is 15.3. The monoisotopic (exact) mass is 561 g/mol. The minimum Gasteiger partial charge on any atom is -0.310 e. The summed E-state index contributed by atoms with van der Waals surface area (Å²) in [5, 5.41) is 2.53. The Hall–Kier alpha value is -4.65. The molecule has 0 saturated heterocycles. The zero-order valence-electron chi connectivity index (χ0n) is 23.8. The van der Waals surface area contributed by atoms with Gasteiger partial charge in [0.25, 0.3) is 0 Å². The predicted octanol–water partition coefficient (Wildman–Crippen LogP) is 9.10. The third kappa shape index (κ3) is 4.14. The van der Waals surface area contributed by atoms with Crippen LogP contribution >= 0.6 is 7.14 Å². The van der Waals surface area contributed by atoms with Crippen molar-refractivity contribution in [2.45, 2.75) is 19.3 Å². The highest BCUT2D eigenvalue weighted by Gasteiger charge is 2.36. The van der Waals surface area contributed by atoms with Crippen molar-refractivity contribution < 1.29 is 4.57 Å². The highest BCUT2D eigenvalue weighted by molar-refractivity contribution is 7.85. The summed E-state index contributed by atoms with van der Waals surface area (Å²) in [7, 11) is -3.13. The van der Waals surface area contributed by atoms with Crippen molar-refractivity contribution in [2.75, 3.05) is 4.90 Å². The van der Waals surface area contributed by atoms with Crippen LogP contribution in [0.2, 0.25) is 0 Å². The van der Waals surface area contributed by atoms with Crippen LogP contribution in [-0.4, -0.2) is 0 Å². The summed E-state index contributed by atoms with van der Waals surface area (Å²) in [5.74, 6) is 0. The minimum atomic E-state index is -3.13. The van der Waals surface area contributed by atoms with E-state index in [9.17, 15) is 0 Å². The van der Waals surface area contributed by atoms with Gasteiger partial charge in [-0.3, -0.25) is 0 Å². The van der Waals surface area contributed by atoms with Gasteiger partial charge in [-0.05, 0) is 46.5 Å². The molecule has 0 spiro atoms. The Morgan fingerprint density at radius 1 is 0.500 bits per heavy atom. The molecule has 0 aromatic heterocycles. The van der Waals surface area contributed by atoms with Crippen molar-refractivity contribution in [2.24, 2.45) is 0 Å². The van der Waals surface area contributed by atoms with Crippen LogP contribution in [-0.2, 0) is 9.98 Å². The summed E-state index contributed by atoms with van der Waals surface area (Å²) in [6.45, 7) is 4.61. The molecule has 204 valence electrons. The number of para-hydroxylation sites is 2. The van der Waals surface area contributed by atoms with E-state index >= 15 is 4.57 Å². The van der Waals surface area contributed by atoms with Gasteiger partial charge in [0.1, 0.15) is 0 Å². The Bertz CT molecular complexity index is 1830. The van der Waals surface area contributed by atoms with Crippen LogP contribution in [0, 0.1) is 0 Å². The molecule has 0 saturated carbocycles. The Labute approximate surface area is 248 Å². The zero-order chi connectivity index (χ0) is 28.7. The highest BCUT2D eigenvalue weighted by atomic mass is 31.2. The molecule has 1 aliphatic heterocycles. The van der Waals surface area contributed by atoms with Crippen molar-refractivity contribution >= 4 is 40.1 Å². The fourth-order valence-electron chi connectivity index (χ4n) is 6.43. The molecule has 0 radical (unpaired) electrons. The predicted molar refractivity (Wildman–Crippen MR) is 178 cm³/mol. The van der Waals surface area contributed by atoms with Gasteiger partial charge in [-0.25, -0.2) is 0 Å². The average Bonchev–Trinajstić information content (AvgIpc) is 3.06. The lowest BCUT2D eigenvalue weighted by atomic mass is 9.73. The molecule has 0 unspecified atom stereocenters. The van der Waals surface area contributed by atoms with E-state index in [0.29, 0.717) is 0 Å². The minimum absolute atomic E-state index is 0.0986. The topological polar surface area (TPSA) is 20.3 Å².